The maximum atomic E-state index is 10.8. The van der Waals surface area contributed by atoms with Crippen LogP contribution in [0.1, 0.15) is 15.9 Å². The van der Waals surface area contributed by atoms with Crippen LogP contribution in [0.25, 0.3) is 0 Å². The van der Waals surface area contributed by atoms with Crippen molar-refractivity contribution in [2.75, 3.05) is 13.2 Å². The Labute approximate surface area is 86.6 Å². The molecular formula is C10H9ClO3. The number of carbonyl (C=O) groups excluding carboxylic acids is 1. The van der Waals surface area contributed by atoms with Gasteiger partial charge in [0.2, 0.25) is 0 Å². The molecule has 0 radical (unpaired) electrons. The van der Waals surface area contributed by atoms with Crippen molar-refractivity contribution >= 4 is 17.9 Å². The summed E-state index contributed by atoms with van der Waals surface area (Å²) in [5.41, 5.74) is 1.21. The number of aldehydes is 1. The molecule has 1 aromatic rings. The zero-order chi connectivity index (χ0) is 10.1. The van der Waals surface area contributed by atoms with Crippen LogP contribution in [0, 0.1) is 6.92 Å². The Bertz CT molecular complexity index is 387. The van der Waals surface area contributed by atoms with Crippen LogP contribution in [0.5, 0.6) is 11.5 Å². The Morgan fingerprint density at radius 2 is 2.14 bits per heavy atom. The van der Waals surface area contributed by atoms with Crippen molar-refractivity contribution in [3.8, 4) is 11.5 Å². The quantitative estimate of drug-likeness (QED) is 0.670. The minimum atomic E-state index is 0.404. The molecule has 0 unspecified atom stereocenters. The third-order valence-electron chi connectivity index (χ3n) is 2.19. The summed E-state index contributed by atoms with van der Waals surface area (Å²) in [6, 6.07) is 1.62. The van der Waals surface area contributed by atoms with Crippen LogP contribution < -0.4 is 9.47 Å². The highest BCUT2D eigenvalue weighted by Gasteiger charge is 2.19. The van der Waals surface area contributed by atoms with Crippen LogP contribution >= 0.6 is 11.6 Å². The average Bonchev–Trinajstić information content (AvgIpc) is 2.18. The second kappa shape index (κ2) is 3.50. The Morgan fingerprint density at radius 3 is 2.86 bits per heavy atom. The standard InChI is InChI=1S/C10H9ClO3/c1-6-7(5-12)8(11)4-9-10(6)14-3-2-13-9/h4-5H,2-3H2,1H3. The summed E-state index contributed by atoms with van der Waals surface area (Å²) in [6.45, 7) is 2.82. The molecule has 1 aliphatic heterocycles. The van der Waals surface area contributed by atoms with E-state index in [4.69, 9.17) is 21.1 Å². The zero-order valence-electron chi connectivity index (χ0n) is 7.67. The van der Waals surface area contributed by atoms with Crippen LogP contribution in [0.2, 0.25) is 5.02 Å². The molecule has 0 saturated carbocycles. The molecule has 0 fully saturated rings. The third-order valence-corrected chi connectivity index (χ3v) is 2.50. The van der Waals surface area contributed by atoms with Crippen LogP contribution in [0.3, 0.4) is 0 Å². The van der Waals surface area contributed by atoms with Gasteiger partial charge in [-0.25, -0.2) is 0 Å². The van der Waals surface area contributed by atoms with Crippen molar-refractivity contribution in [3.63, 3.8) is 0 Å². The molecule has 3 nitrogen and oxygen atoms in total. The smallest absolute Gasteiger partial charge is 0.165 e. The minimum absolute atomic E-state index is 0.404. The van der Waals surface area contributed by atoms with Gasteiger partial charge in [-0.1, -0.05) is 11.6 Å². The van der Waals surface area contributed by atoms with Crippen molar-refractivity contribution in [1.82, 2.24) is 0 Å². The molecule has 0 aromatic heterocycles. The lowest BCUT2D eigenvalue weighted by atomic mass is 10.1. The van der Waals surface area contributed by atoms with Gasteiger partial charge < -0.3 is 9.47 Å². The lowest BCUT2D eigenvalue weighted by molar-refractivity contribution is 0.112. The zero-order valence-corrected chi connectivity index (χ0v) is 8.43. The summed E-state index contributed by atoms with van der Waals surface area (Å²) in [5.74, 6) is 1.24. The van der Waals surface area contributed by atoms with Crippen LogP contribution in [-0.4, -0.2) is 19.5 Å². The molecule has 74 valence electrons. The highest BCUT2D eigenvalue weighted by molar-refractivity contribution is 6.33. The monoisotopic (exact) mass is 212 g/mol. The molecule has 1 heterocycles. The largest absolute Gasteiger partial charge is 0.486 e. The summed E-state index contributed by atoms with van der Waals surface area (Å²) >= 11 is 5.90. The number of fused-ring (bicyclic) bond motifs is 1. The van der Waals surface area contributed by atoms with E-state index >= 15 is 0 Å². The topological polar surface area (TPSA) is 35.5 Å². The third kappa shape index (κ3) is 1.34. The maximum absolute atomic E-state index is 10.8. The van der Waals surface area contributed by atoms with Gasteiger partial charge in [0.1, 0.15) is 13.2 Å². The van der Waals surface area contributed by atoms with E-state index in [-0.39, 0.29) is 0 Å². The fraction of sp³-hybridized carbons (Fsp3) is 0.300. The second-order valence-electron chi connectivity index (χ2n) is 3.04. The van der Waals surface area contributed by atoms with Gasteiger partial charge in [0.15, 0.2) is 17.8 Å². The first kappa shape index (κ1) is 9.34. The molecule has 1 aromatic carbocycles. The molecule has 0 amide bonds. The van der Waals surface area contributed by atoms with Crippen LogP contribution in [0.4, 0.5) is 0 Å². The van der Waals surface area contributed by atoms with Crippen LogP contribution in [0.15, 0.2) is 6.07 Å². The van der Waals surface area contributed by atoms with E-state index in [9.17, 15) is 4.79 Å². The predicted molar refractivity (Wildman–Crippen MR) is 52.6 cm³/mol. The SMILES string of the molecule is Cc1c(C=O)c(Cl)cc2c1OCCO2. The normalized spacial score (nSPS) is 13.9. The molecule has 0 saturated heterocycles. The first-order valence-corrected chi connectivity index (χ1v) is 4.65. The van der Waals surface area contributed by atoms with Gasteiger partial charge in [0, 0.05) is 17.2 Å². The van der Waals surface area contributed by atoms with E-state index in [2.05, 4.69) is 0 Å². The average molecular weight is 213 g/mol. The van der Waals surface area contributed by atoms with Gasteiger partial charge in [-0.05, 0) is 6.92 Å². The van der Waals surface area contributed by atoms with Gasteiger partial charge in [-0.15, -0.1) is 0 Å². The minimum Gasteiger partial charge on any atom is -0.486 e. The first-order valence-electron chi connectivity index (χ1n) is 4.28. The number of rotatable bonds is 1. The van der Waals surface area contributed by atoms with Gasteiger partial charge >= 0.3 is 0 Å². The molecule has 1 aliphatic rings. The van der Waals surface area contributed by atoms with E-state index in [1.807, 2.05) is 0 Å². The summed E-state index contributed by atoms with van der Waals surface area (Å²) in [7, 11) is 0. The predicted octanol–water partition coefficient (Wildman–Crippen LogP) is 2.23. The number of hydrogen-bond acceptors (Lipinski definition) is 3. The second-order valence-corrected chi connectivity index (χ2v) is 3.45. The highest BCUT2D eigenvalue weighted by atomic mass is 35.5. The van der Waals surface area contributed by atoms with Crippen molar-refractivity contribution in [2.45, 2.75) is 6.92 Å². The van der Waals surface area contributed by atoms with Crippen molar-refractivity contribution in [3.05, 3.63) is 22.2 Å². The Hall–Kier alpha value is -1.22. The molecule has 0 spiro atoms. The van der Waals surface area contributed by atoms with E-state index in [1.54, 1.807) is 13.0 Å². The highest BCUT2D eigenvalue weighted by Crippen LogP contribution is 2.38. The van der Waals surface area contributed by atoms with Crippen molar-refractivity contribution in [1.29, 1.82) is 0 Å². The number of hydrogen-bond donors (Lipinski definition) is 0. The van der Waals surface area contributed by atoms with Crippen molar-refractivity contribution in [2.24, 2.45) is 0 Å². The molecule has 2 rings (SSSR count). The molecule has 0 bridgehead atoms. The summed E-state index contributed by atoms with van der Waals surface area (Å²) < 4.78 is 10.8. The first-order chi connectivity index (χ1) is 6.74. The van der Waals surface area contributed by atoms with E-state index in [0.29, 0.717) is 35.3 Å². The van der Waals surface area contributed by atoms with E-state index in [1.165, 1.54) is 0 Å². The maximum Gasteiger partial charge on any atom is 0.165 e. The summed E-state index contributed by atoms with van der Waals surface area (Å²) in [6.07, 6.45) is 0.732. The summed E-state index contributed by atoms with van der Waals surface area (Å²) in [4.78, 5) is 10.8. The van der Waals surface area contributed by atoms with Crippen molar-refractivity contribution < 1.29 is 14.3 Å². The molecule has 0 aliphatic carbocycles. The van der Waals surface area contributed by atoms with E-state index < -0.39 is 0 Å². The Balaban J connectivity index is 2.63. The lowest BCUT2D eigenvalue weighted by Gasteiger charge is -2.21. The molecule has 4 heteroatoms. The van der Waals surface area contributed by atoms with Gasteiger partial charge in [-0.2, -0.15) is 0 Å². The number of benzene rings is 1. The Kier molecular flexibility index (Phi) is 2.33. The van der Waals surface area contributed by atoms with Gasteiger partial charge in [0.25, 0.3) is 0 Å². The molecular weight excluding hydrogens is 204 g/mol. The van der Waals surface area contributed by atoms with E-state index in [0.717, 1.165) is 11.8 Å². The Morgan fingerprint density at radius 1 is 1.43 bits per heavy atom. The van der Waals surface area contributed by atoms with Gasteiger partial charge in [-0.3, -0.25) is 4.79 Å². The lowest BCUT2D eigenvalue weighted by Crippen LogP contribution is -2.16. The number of carbonyl (C=O) groups is 1. The fourth-order valence-electron chi connectivity index (χ4n) is 1.47. The molecule has 14 heavy (non-hydrogen) atoms. The number of ether oxygens (including phenoxy) is 2. The number of halogens is 1. The molecule has 0 atom stereocenters. The van der Waals surface area contributed by atoms with Crippen LogP contribution in [-0.2, 0) is 0 Å². The van der Waals surface area contributed by atoms with Gasteiger partial charge in [0.05, 0.1) is 5.02 Å². The molecule has 0 N–H and O–H groups in total. The fourth-order valence-corrected chi connectivity index (χ4v) is 1.76. The summed E-state index contributed by atoms with van der Waals surface area (Å²) in [5, 5.41) is 0.404.